The van der Waals surface area contributed by atoms with E-state index in [-0.39, 0.29) is 35.7 Å². The minimum absolute atomic E-state index is 0. The Morgan fingerprint density at radius 2 is 1.79 bits per heavy atom. The monoisotopic (exact) mass is 520 g/mol. The number of benzene rings is 2. The van der Waals surface area contributed by atoms with Crippen LogP contribution in [0.25, 0.3) is 11.3 Å². The molecule has 3 rings (SSSR count). The highest BCUT2D eigenvalue weighted by atomic mass is 127. The summed E-state index contributed by atoms with van der Waals surface area (Å²) in [5, 5.41) is 5.55. The first kappa shape index (κ1) is 22.0. The average molecular weight is 520 g/mol. The molecule has 0 aliphatic rings. The predicted octanol–water partition coefficient (Wildman–Crippen LogP) is 5.25. The van der Waals surface area contributed by atoms with E-state index in [9.17, 15) is 13.2 Å². The van der Waals surface area contributed by atoms with E-state index >= 15 is 0 Å². The summed E-state index contributed by atoms with van der Waals surface area (Å²) >= 11 is 1.48. The standard InChI is InChI=1S/C18H15F3N4OS.HI/c19-18(20,21)26-14-8-6-13(7-9-14)24-17(22)23-10-16-25-15(11-27-16)12-4-2-1-3-5-12;/h1-9,11H,10H2,(H3,22,23,24);1H. The molecule has 3 aromatic rings. The molecule has 0 saturated carbocycles. The summed E-state index contributed by atoms with van der Waals surface area (Å²) in [7, 11) is 0. The fourth-order valence-electron chi connectivity index (χ4n) is 2.21. The van der Waals surface area contributed by atoms with Crippen LogP contribution >= 0.6 is 35.3 Å². The molecule has 0 amide bonds. The van der Waals surface area contributed by atoms with E-state index in [1.165, 1.54) is 35.6 Å². The van der Waals surface area contributed by atoms with Crippen molar-refractivity contribution in [3.8, 4) is 17.0 Å². The van der Waals surface area contributed by atoms with E-state index in [0.29, 0.717) is 12.2 Å². The van der Waals surface area contributed by atoms with E-state index in [0.717, 1.165) is 16.3 Å². The van der Waals surface area contributed by atoms with Gasteiger partial charge in [-0.25, -0.2) is 9.98 Å². The number of nitrogens with one attached hydrogen (secondary N) is 1. The lowest BCUT2D eigenvalue weighted by Crippen LogP contribution is -2.22. The second-order valence-corrected chi connectivity index (χ2v) is 6.33. The van der Waals surface area contributed by atoms with Crippen molar-refractivity contribution in [1.82, 2.24) is 4.98 Å². The molecule has 2 aromatic carbocycles. The summed E-state index contributed by atoms with van der Waals surface area (Å²) in [6.45, 7) is 0.297. The number of thiazole rings is 1. The van der Waals surface area contributed by atoms with E-state index < -0.39 is 6.36 Å². The van der Waals surface area contributed by atoms with Gasteiger partial charge < -0.3 is 15.8 Å². The molecule has 28 heavy (non-hydrogen) atoms. The number of alkyl halides is 3. The van der Waals surface area contributed by atoms with Gasteiger partial charge in [0.25, 0.3) is 0 Å². The zero-order valence-corrected chi connectivity index (χ0v) is 17.5. The summed E-state index contributed by atoms with van der Waals surface area (Å²) in [6.07, 6.45) is -4.72. The van der Waals surface area contributed by atoms with Gasteiger partial charge in [0.15, 0.2) is 5.96 Å². The fourth-order valence-corrected chi connectivity index (χ4v) is 2.93. The number of aromatic nitrogens is 1. The lowest BCUT2D eigenvalue weighted by atomic mass is 10.2. The molecule has 0 unspecified atom stereocenters. The molecule has 148 valence electrons. The molecule has 10 heteroatoms. The molecule has 0 saturated heterocycles. The van der Waals surface area contributed by atoms with Crippen LogP contribution in [0.3, 0.4) is 0 Å². The van der Waals surface area contributed by atoms with Crippen molar-refractivity contribution >= 4 is 47.0 Å². The molecule has 1 aromatic heterocycles. The molecule has 0 fully saturated rings. The molecule has 0 radical (unpaired) electrons. The number of rotatable bonds is 5. The molecular formula is C18H16F3IN4OS. The molecule has 5 nitrogen and oxygen atoms in total. The average Bonchev–Trinajstić information content (AvgIpc) is 3.10. The minimum Gasteiger partial charge on any atom is -0.406 e. The summed E-state index contributed by atoms with van der Waals surface area (Å²) in [5.41, 5.74) is 8.21. The van der Waals surface area contributed by atoms with Gasteiger partial charge in [0.2, 0.25) is 0 Å². The fraction of sp³-hybridized carbons (Fsp3) is 0.111. The number of ether oxygens (including phenoxy) is 1. The molecule has 0 aliphatic carbocycles. The van der Waals surface area contributed by atoms with Crippen LogP contribution in [0.1, 0.15) is 5.01 Å². The highest BCUT2D eigenvalue weighted by Crippen LogP contribution is 2.24. The summed E-state index contributed by atoms with van der Waals surface area (Å²) in [6, 6.07) is 15.0. The molecule has 1 heterocycles. The lowest BCUT2D eigenvalue weighted by Gasteiger charge is -2.10. The zero-order chi connectivity index (χ0) is 19.3. The van der Waals surface area contributed by atoms with Gasteiger partial charge in [-0.1, -0.05) is 30.3 Å². The third-order valence-corrected chi connectivity index (χ3v) is 4.20. The maximum Gasteiger partial charge on any atom is 0.573 e. The lowest BCUT2D eigenvalue weighted by molar-refractivity contribution is -0.274. The summed E-state index contributed by atoms with van der Waals surface area (Å²) in [4.78, 5) is 8.71. The normalized spacial score (nSPS) is 11.6. The number of guanidine groups is 1. The SMILES string of the molecule is I.NC(=NCc1nc(-c2ccccc2)cs1)Nc1ccc(OC(F)(F)F)cc1. The Balaban J connectivity index is 0.00000280. The van der Waals surface area contributed by atoms with Crippen LogP contribution in [-0.4, -0.2) is 17.3 Å². The number of hydrogen-bond donors (Lipinski definition) is 2. The van der Waals surface area contributed by atoms with Crippen molar-refractivity contribution in [3.05, 3.63) is 65.0 Å². The first-order chi connectivity index (χ1) is 12.9. The Morgan fingerprint density at radius 3 is 2.43 bits per heavy atom. The van der Waals surface area contributed by atoms with Crippen LogP contribution < -0.4 is 15.8 Å². The Hall–Kier alpha value is -2.34. The van der Waals surface area contributed by atoms with Gasteiger partial charge in [0.05, 0.1) is 12.2 Å². The quantitative estimate of drug-likeness (QED) is 0.274. The highest BCUT2D eigenvalue weighted by Gasteiger charge is 2.30. The number of aliphatic imine (C=N–C) groups is 1. The minimum atomic E-state index is -4.72. The van der Waals surface area contributed by atoms with Gasteiger partial charge in [-0.15, -0.1) is 48.5 Å². The third-order valence-electron chi connectivity index (χ3n) is 3.37. The van der Waals surface area contributed by atoms with Gasteiger partial charge in [-0.05, 0) is 24.3 Å². The van der Waals surface area contributed by atoms with Crippen LogP contribution in [0.4, 0.5) is 18.9 Å². The van der Waals surface area contributed by atoms with Gasteiger partial charge in [-0.2, -0.15) is 0 Å². The van der Waals surface area contributed by atoms with Crippen molar-refractivity contribution in [2.24, 2.45) is 10.7 Å². The van der Waals surface area contributed by atoms with Crippen molar-refractivity contribution in [2.75, 3.05) is 5.32 Å². The number of nitrogens with zero attached hydrogens (tertiary/aromatic N) is 2. The smallest absolute Gasteiger partial charge is 0.406 e. The molecule has 3 N–H and O–H groups in total. The van der Waals surface area contributed by atoms with E-state index in [2.05, 4.69) is 20.0 Å². The van der Waals surface area contributed by atoms with Crippen LogP contribution in [0.15, 0.2) is 65.0 Å². The number of nitrogens with two attached hydrogens (primary N) is 1. The molecule has 0 spiro atoms. The Morgan fingerprint density at radius 1 is 1.11 bits per heavy atom. The third kappa shape index (κ3) is 6.68. The molecular weight excluding hydrogens is 504 g/mol. The van der Waals surface area contributed by atoms with Crippen LogP contribution in [0.2, 0.25) is 0 Å². The first-order valence-corrected chi connectivity index (χ1v) is 8.69. The first-order valence-electron chi connectivity index (χ1n) is 7.82. The van der Waals surface area contributed by atoms with Crippen molar-refractivity contribution in [3.63, 3.8) is 0 Å². The van der Waals surface area contributed by atoms with Crippen molar-refractivity contribution < 1.29 is 17.9 Å². The second kappa shape index (κ2) is 9.73. The van der Waals surface area contributed by atoms with Crippen molar-refractivity contribution in [1.29, 1.82) is 0 Å². The predicted molar refractivity (Wildman–Crippen MR) is 115 cm³/mol. The largest absolute Gasteiger partial charge is 0.573 e. The summed E-state index contributed by atoms with van der Waals surface area (Å²) < 4.78 is 40.2. The van der Waals surface area contributed by atoms with Gasteiger partial charge in [-0.3, -0.25) is 0 Å². The van der Waals surface area contributed by atoms with Crippen LogP contribution in [-0.2, 0) is 6.54 Å². The Bertz CT molecular complexity index is 915. The topological polar surface area (TPSA) is 72.5 Å². The maximum atomic E-state index is 12.1. The zero-order valence-electron chi connectivity index (χ0n) is 14.3. The van der Waals surface area contributed by atoms with Crippen molar-refractivity contribution in [2.45, 2.75) is 12.9 Å². The van der Waals surface area contributed by atoms with Crippen LogP contribution in [0.5, 0.6) is 5.75 Å². The van der Waals surface area contributed by atoms with Crippen LogP contribution in [0, 0.1) is 0 Å². The van der Waals surface area contributed by atoms with Gasteiger partial charge >= 0.3 is 6.36 Å². The number of halogens is 4. The van der Waals surface area contributed by atoms with E-state index in [4.69, 9.17) is 5.73 Å². The summed E-state index contributed by atoms with van der Waals surface area (Å²) in [5.74, 6) is -0.171. The maximum absolute atomic E-state index is 12.1. The molecule has 0 aliphatic heterocycles. The highest BCUT2D eigenvalue weighted by molar-refractivity contribution is 14.0. The second-order valence-electron chi connectivity index (χ2n) is 5.39. The molecule has 0 atom stereocenters. The Labute approximate surface area is 180 Å². The molecule has 0 bridgehead atoms. The van der Waals surface area contributed by atoms with E-state index in [1.807, 2.05) is 35.7 Å². The number of hydrogen-bond acceptors (Lipinski definition) is 4. The Kier molecular flexibility index (Phi) is 7.63. The van der Waals surface area contributed by atoms with Gasteiger partial charge in [0.1, 0.15) is 10.8 Å². The van der Waals surface area contributed by atoms with Gasteiger partial charge in [0, 0.05) is 16.6 Å². The number of anilines is 1. The van der Waals surface area contributed by atoms with E-state index in [1.54, 1.807) is 0 Å².